The first kappa shape index (κ1) is 20.6. The van der Waals surface area contributed by atoms with E-state index in [0.29, 0.717) is 36.2 Å². The first-order valence-electron chi connectivity index (χ1n) is 8.75. The quantitative estimate of drug-likeness (QED) is 0.384. The average Bonchev–Trinajstić information content (AvgIpc) is 3.26. The number of nitrogens with one attached hydrogen (secondary N) is 1. The van der Waals surface area contributed by atoms with Crippen LogP contribution in [0.3, 0.4) is 0 Å². The van der Waals surface area contributed by atoms with Gasteiger partial charge in [0, 0.05) is 19.1 Å². The number of nitrogens with zero attached hydrogens (tertiary/aromatic N) is 5. The minimum atomic E-state index is -0.464. The standard InChI is InChI=1S/C16H20Cl2N6O4/c1-9(20-14-12(17)7-19-16(18)21-14)3-6-28-15-13(24(25)26)10(2)23(22-15)11-4-5-27-8-11/h7,9,11H,3-6,8H2,1-2H3,(H,19,20,21)/t9-,11-/m1/s1. The third-order valence-electron chi connectivity index (χ3n) is 4.41. The van der Waals surface area contributed by atoms with Gasteiger partial charge in [0.05, 0.1) is 30.4 Å². The van der Waals surface area contributed by atoms with Crippen molar-refractivity contribution in [2.24, 2.45) is 0 Å². The Morgan fingerprint density at radius 1 is 1.54 bits per heavy atom. The van der Waals surface area contributed by atoms with Gasteiger partial charge in [-0.25, -0.2) is 4.98 Å². The highest BCUT2D eigenvalue weighted by Gasteiger charge is 2.31. The highest BCUT2D eigenvalue weighted by atomic mass is 35.5. The van der Waals surface area contributed by atoms with E-state index in [-0.39, 0.29) is 35.5 Å². The van der Waals surface area contributed by atoms with Gasteiger partial charge in [-0.2, -0.15) is 4.98 Å². The smallest absolute Gasteiger partial charge is 0.352 e. The molecule has 0 amide bonds. The SMILES string of the molecule is Cc1c([N+](=O)[O-])c(OCC[C@@H](C)Nc2nc(Cl)ncc2Cl)nn1[C@@H]1CCOC1. The molecule has 2 atom stereocenters. The zero-order chi connectivity index (χ0) is 20.3. The Kier molecular flexibility index (Phi) is 6.53. The van der Waals surface area contributed by atoms with Crippen LogP contribution in [0.25, 0.3) is 0 Å². The third-order valence-corrected chi connectivity index (χ3v) is 4.87. The minimum Gasteiger partial charge on any atom is -0.472 e. The second-order valence-corrected chi connectivity index (χ2v) is 7.22. The molecular formula is C16H20Cl2N6O4. The Bertz CT molecular complexity index is 856. The molecule has 12 heteroatoms. The summed E-state index contributed by atoms with van der Waals surface area (Å²) in [5.41, 5.74) is 0.349. The van der Waals surface area contributed by atoms with Gasteiger partial charge in [-0.1, -0.05) is 11.6 Å². The average molecular weight is 431 g/mol. The fourth-order valence-corrected chi connectivity index (χ4v) is 3.23. The maximum atomic E-state index is 11.5. The molecule has 2 aromatic heterocycles. The van der Waals surface area contributed by atoms with Crippen molar-refractivity contribution >= 4 is 34.7 Å². The summed E-state index contributed by atoms with van der Waals surface area (Å²) in [4.78, 5) is 18.8. The Hall–Kier alpha value is -2.17. The van der Waals surface area contributed by atoms with Gasteiger partial charge in [-0.3, -0.25) is 14.8 Å². The zero-order valence-electron chi connectivity index (χ0n) is 15.4. The van der Waals surface area contributed by atoms with Crippen LogP contribution < -0.4 is 10.1 Å². The van der Waals surface area contributed by atoms with Crippen LogP contribution in [0.5, 0.6) is 5.88 Å². The van der Waals surface area contributed by atoms with E-state index < -0.39 is 4.92 Å². The Morgan fingerprint density at radius 2 is 2.32 bits per heavy atom. The van der Waals surface area contributed by atoms with Crippen LogP contribution in [0.1, 0.15) is 31.5 Å². The zero-order valence-corrected chi connectivity index (χ0v) is 16.9. The largest absolute Gasteiger partial charge is 0.472 e. The van der Waals surface area contributed by atoms with E-state index in [4.69, 9.17) is 32.7 Å². The molecule has 3 rings (SSSR count). The van der Waals surface area contributed by atoms with Crippen molar-refractivity contribution in [3.05, 3.63) is 32.3 Å². The molecule has 1 aliphatic rings. The number of ether oxygens (including phenoxy) is 2. The van der Waals surface area contributed by atoms with E-state index in [0.717, 1.165) is 6.42 Å². The van der Waals surface area contributed by atoms with E-state index in [1.54, 1.807) is 11.6 Å². The lowest BCUT2D eigenvalue weighted by Crippen LogP contribution is -2.20. The molecule has 1 N–H and O–H groups in total. The van der Waals surface area contributed by atoms with Crippen LogP contribution in [-0.4, -0.2) is 50.5 Å². The van der Waals surface area contributed by atoms with Crippen molar-refractivity contribution in [3.8, 4) is 5.88 Å². The van der Waals surface area contributed by atoms with E-state index >= 15 is 0 Å². The predicted octanol–water partition coefficient (Wildman–Crippen LogP) is 3.43. The van der Waals surface area contributed by atoms with Crippen molar-refractivity contribution < 1.29 is 14.4 Å². The number of halogens is 2. The molecule has 0 aromatic carbocycles. The van der Waals surface area contributed by atoms with Crippen LogP contribution in [0, 0.1) is 17.0 Å². The second kappa shape index (κ2) is 8.89. The summed E-state index contributed by atoms with van der Waals surface area (Å²) in [6.07, 6.45) is 2.71. The van der Waals surface area contributed by atoms with Gasteiger partial charge in [0.25, 0.3) is 0 Å². The van der Waals surface area contributed by atoms with Crippen LogP contribution in [0.2, 0.25) is 10.3 Å². The number of anilines is 1. The molecule has 152 valence electrons. The van der Waals surface area contributed by atoms with Crippen LogP contribution in [0.15, 0.2) is 6.20 Å². The molecule has 3 heterocycles. The minimum absolute atomic E-state index is 0.0127. The first-order valence-corrected chi connectivity index (χ1v) is 9.51. The first-order chi connectivity index (χ1) is 13.4. The number of rotatable bonds is 8. The lowest BCUT2D eigenvalue weighted by Gasteiger charge is -2.15. The fraction of sp³-hybridized carbons (Fsp3) is 0.562. The fourth-order valence-electron chi connectivity index (χ4n) is 2.95. The summed E-state index contributed by atoms with van der Waals surface area (Å²) in [6.45, 7) is 4.91. The number of hydrogen-bond donors (Lipinski definition) is 1. The van der Waals surface area contributed by atoms with Gasteiger partial charge in [-0.15, -0.1) is 5.10 Å². The number of hydrogen-bond acceptors (Lipinski definition) is 8. The molecule has 10 nitrogen and oxygen atoms in total. The molecule has 0 spiro atoms. The summed E-state index contributed by atoms with van der Waals surface area (Å²) in [5.74, 6) is 0.436. The van der Waals surface area contributed by atoms with E-state index in [1.165, 1.54) is 6.20 Å². The summed E-state index contributed by atoms with van der Waals surface area (Å²) in [6, 6.07) is -0.0877. The molecule has 28 heavy (non-hydrogen) atoms. The molecule has 0 radical (unpaired) electrons. The number of aromatic nitrogens is 4. The second-order valence-electron chi connectivity index (χ2n) is 6.48. The molecule has 0 saturated carbocycles. The van der Waals surface area contributed by atoms with Gasteiger partial charge in [-0.05, 0) is 31.9 Å². The van der Waals surface area contributed by atoms with Gasteiger partial charge in [0.1, 0.15) is 16.5 Å². The van der Waals surface area contributed by atoms with E-state index in [1.807, 2.05) is 6.92 Å². The summed E-state index contributed by atoms with van der Waals surface area (Å²) >= 11 is 11.8. The summed E-state index contributed by atoms with van der Waals surface area (Å²) in [7, 11) is 0. The summed E-state index contributed by atoms with van der Waals surface area (Å²) in [5, 5.41) is 19.3. The van der Waals surface area contributed by atoms with Crippen LogP contribution >= 0.6 is 23.2 Å². The Morgan fingerprint density at radius 3 is 3.00 bits per heavy atom. The molecule has 1 saturated heterocycles. The molecule has 0 unspecified atom stereocenters. The molecule has 0 aliphatic carbocycles. The molecule has 1 fully saturated rings. The number of nitro groups is 1. The van der Waals surface area contributed by atoms with E-state index in [2.05, 4.69) is 20.4 Å². The van der Waals surface area contributed by atoms with Crippen LogP contribution in [-0.2, 0) is 4.74 Å². The van der Waals surface area contributed by atoms with Crippen molar-refractivity contribution in [2.45, 2.75) is 38.8 Å². The lowest BCUT2D eigenvalue weighted by molar-refractivity contribution is -0.386. The monoisotopic (exact) mass is 430 g/mol. The normalized spacial score (nSPS) is 17.5. The van der Waals surface area contributed by atoms with E-state index in [9.17, 15) is 10.1 Å². The van der Waals surface area contributed by atoms with Crippen molar-refractivity contribution in [1.29, 1.82) is 0 Å². The van der Waals surface area contributed by atoms with Gasteiger partial charge in [0.15, 0.2) is 0 Å². The maximum Gasteiger partial charge on any atom is 0.352 e. The Labute approximate surface area is 171 Å². The van der Waals surface area contributed by atoms with Gasteiger partial charge in [0.2, 0.25) is 5.28 Å². The van der Waals surface area contributed by atoms with Gasteiger partial charge >= 0.3 is 11.6 Å². The summed E-state index contributed by atoms with van der Waals surface area (Å²) < 4.78 is 12.6. The topological polar surface area (TPSA) is 117 Å². The maximum absolute atomic E-state index is 11.5. The molecular weight excluding hydrogens is 411 g/mol. The Balaban J connectivity index is 1.63. The van der Waals surface area contributed by atoms with Gasteiger partial charge < -0.3 is 14.8 Å². The third kappa shape index (κ3) is 4.62. The highest BCUT2D eigenvalue weighted by Crippen LogP contribution is 2.33. The predicted molar refractivity (Wildman–Crippen MR) is 103 cm³/mol. The molecule has 1 aliphatic heterocycles. The van der Waals surface area contributed by atoms with Crippen molar-refractivity contribution in [2.75, 3.05) is 25.1 Å². The lowest BCUT2D eigenvalue weighted by atomic mass is 10.2. The van der Waals surface area contributed by atoms with Crippen molar-refractivity contribution in [1.82, 2.24) is 19.7 Å². The highest BCUT2D eigenvalue weighted by molar-refractivity contribution is 6.33. The molecule has 2 aromatic rings. The van der Waals surface area contributed by atoms with Crippen LogP contribution in [0.4, 0.5) is 11.5 Å². The molecule has 0 bridgehead atoms. The van der Waals surface area contributed by atoms with Crippen molar-refractivity contribution in [3.63, 3.8) is 0 Å².